The first-order chi connectivity index (χ1) is 7.64. The van der Waals surface area contributed by atoms with Crippen LogP contribution in [0.5, 0.6) is 0 Å². The summed E-state index contributed by atoms with van der Waals surface area (Å²) in [5.74, 6) is 1.13. The zero-order valence-electron chi connectivity index (χ0n) is 10.8. The molecule has 0 N–H and O–H groups in total. The van der Waals surface area contributed by atoms with E-state index in [1.54, 1.807) is 0 Å². The highest BCUT2D eigenvalue weighted by Gasteiger charge is 2.46. The van der Waals surface area contributed by atoms with Crippen molar-refractivity contribution < 1.29 is 4.79 Å². The highest BCUT2D eigenvalue weighted by atomic mass is 16.2. The molecule has 1 heterocycles. The minimum atomic E-state index is 0.0471. The molecule has 2 rings (SSSR count). The molecule has 0 aromatic carbocycles. The molecule has 1 aliphatic carbocycles. The maximum atomic E-state index is 12.6. The van der Waals surface area contributed by atoms with Crippen molar-refractivity contribution in [3.8, 4) is 0 Å². The Bertz CT molecular complexity index is 249. The summed E-state index contributed by atoms with van der Waals surface area (Å²) in [7, 11) is 0. The Morgan fingerprint density at radius 3 is 2.19 bits per heavy atom. The van der Waals surface area contributed by atoms with E-state index >= 15 is 0 Å². The first-order valence-electron chi connectivity index (χ1n) is 6.93. The van der Waals surface area contributed by atoms with Gasteiger partial charge in [-0.05, 0) is 44.4 Å². The van der Waals surface area contributed by atoms with Crippen LogP contribution in [0.1, 0.15) is 58.8 Å². The van der Waals surface area contributed by atoms with E-state index in [4.69, 9.17) is 0 Å². The SMILES string of the molecule is CC(C)CC1(C(=O)N2CCCCC2)CCC1. The van der Waals surface area contributed by atoms with E-state index in [1.165, 1.54) is 25.7 Å². The molecule has 0 aromatic rings. The molecule has 1 aliphatic heterocycles. The predicted octanol–water partition coefficient (Wildman–Crippen LogP) is 3.22. The monoisotopic (exact) mass is 223 g/mol. The molecule has 1 saturated carbocycles. The Labute approximate surface area is 99.4 Å². The zero-order chi connectivity index (χ0) is 11.6. The second-order valence-electron chi connectivity index (χ2n) is 6.08. The van der Waals surface area contributed by atoms with Gasteiger partial charge in [-0.1, -0.05) is 20.3 Å². The molecule has 1 amide bonds. The zero-order valence-corrected chi connectivity index (χ0v) is 10.8. The molecule has 1 saturated heterocycles. The van der Waals surface area contributed by atoms with Crippen molar-refractivity contribution in [3.63, 3.8) is 0 Å². The molecule has 2 fully saturated rings. The third-order valence-electron chi connectivity index (χ3n) is 4.21. The summed E-state index contributed by atoms with van der Waals surface area (Å²) in [5, 5.41) is 0. The fourth-order valence-electron chi connectivity index (χ4n) is 3.32. The lowest BCUT2D eigenvalue weighted by Crippen LogP contribution is -2.50. The summed E-state index contributed by atoms with van der Waals surface area (Å²) in [5.41, 5.74) is 0.0471. The van der Waals surface area contributed by atoms with E-state index in [-0.39, 0.29) is 5.41 Å². The number of nitrogens with zero attached hydrogens (tertiary/aromatic N) is 1. The first kappa shape index (κ1) is 11.9. The normalized spacial score (nSPS) is 24.3. The van der Waals surface area contributed by atoms with E-state index in [2.05, 4.69) is 18.7 Å². The first-order valence-corrected chi connectivity index (χ1v) is 6.93. The summed E-state index contributed by atoms with van der Waals surface area (Å²) in [6.45, 7) is 6.50. The maximum absolute atomic E-state index is 12.6. The van der Waals surface area contributed by atoms with Gasteiger partial charge in [-0.2, -0.15) is 0 Å². The summed E-state index contributed by atoms with van der Waals surface area (Å²) in [6.07, 6.45) is 8.36. The molecular weight excluding hydrogens is 198 g/mol. The second-order valence-corrected chi connectivity index (χ2v) is 6.08. The van der Waals surface area contributed by atoms with Crippen molar-refractivity contribution in [3.05, 3.63) is 0 Å². The van der Waals surface area contributed by atoms with Crippen LogP contribution >= 0.6 is 0 Å². The van der Waals surface area contributed by atoms with Gasteiger partial charge >= 0.3 is 0 Å². The van der Waals surface area contributed by atoms with Crippen LogP contribution in [0.15, 0.2) is 0 Å². The maximum Gasteiger partial charge on any atom is 0.228 e. The van der Waals surface area contributed by atoms with E-state index in [1.807, 2.05) is 0 Å². The number of hydrogen-bond donors (Lipinski definition) is 0. The van der Waals surface area contributed by atoms with Crippen LogP contribution in [0.4, 0.5) is 0 Å². The topological polar surface area (TPSA) is 20.3 Å². The Morgan fingerprint density at radius 1 is 1.12 bits per heavy atom. The molecule has 0 aromatic heterocycles. The Hall–Kier alpha value is -0.530. The summed E-state index contributed by atoms with van der Waals surface area (Å²) in [6, 6.07) is 0. The van der Waals surface area contributed by atoms with E-state index in [0.717, 1.165) is 32.4 Å². The number of carbonyl (C=O) groups excluding carboxylic acids is 1. The van der Waals surface area contributed by atoms with Crippen LogP contribution in [0, 0.1) is 11.3 Å². The Balaban J connectivity index is 1.99. The van der Waals surface area contributed by atoms with Gasteiger partial charge in [0.15, 0.2) is 0 Å². The molecule has 16 heavy (non-hydrogen) atoms. The van der Waals surface area contributed by atoms with Gasteiger partial charge in [0, 0.05) is 18.5 Å². The number of hydrogen-bond acceptors (Lipinski definition) is 1. The quantitative estimate of drug-likeness (QED) is 0.719. The predicted molar refractivity (Wildman–Crippen MR) is 66.2 cm³/mol. The number of amides is 1. The molecule has 92 valence electrons. The van der Waals surface area contributed by atoms with Crippen molar-refractivity contribution >= 4 is 5.91 Å². The lowest BCUT2D eigenvalue weighted by Gasteiger charge is -2.45. The second kappa shape index (κ2) is 4.77. The summed E-state index contributed by atoms with van der Waals surface area (Å²) in [4.78, 5) is 14.7. The molecule has 0 radical (unpaired) electrons. The van der Waals surface area contributed by atoms with E-state index < -0.39 is 0 Å². The number of rotatable bonds is 3. The lowest BCUT2D eigenvalue weighted by atomic mass is 9.63. The fourth-order valence-corrected chi connectivity index (χ4v) is 3.32. The van der Waals surface area contributed by atoms with Crippen molar-refractivity contribution in [2.75, 3.05) is 13.1 Å². The van der Waals surface area contributed by atoms with Crippen LogP contribution in [0.3, 0.4) is 0 Å². The third-order valence-corrected chi connectivity index (χ3v) is 4.21. The number of likely N-dealkylation sites (tertiary alicyclic amines) is 1. The smallest absolute Gasteiger partial charge is 0.228 e. The van der Waals surface area contributed by atoms with Crippen molar-refractivity contribution in [1.29, 1.82) is 0 Å². The van der Waals surface area contributed by atoms with Gasteiger partial charge in [0.05, 0.1) is 0 Å². The number of piperidine rings is 1. The summed E-state index contributed by atoms with van der Waals surface area (Å²) < 4.78 is 0. The van der Waals surface area contributed by atoms with Crippen LogP contribution in [0.25, 0.3) is 0 Å². The largest absolute Gasteiger partial charge is 0.342 e. The van der Waals surface area contributed by atoms with Crippen LogP contribution in [-0.4, -0.2) is 23.9 Å². The average molecular weight is 223 g/mol. The third kappa shape index (κ3) is 2.26. The minimum absolute atomic E-state index is 0.0471. The molecule has 2 aliphatic rings. The standard InChI is InChI=1S/C14H25NO/c1-12(2)11-14(7-6-8-14)13(16)15-9-4-3-5-10-15/h12H,3-11H2,1-2H3. The van der Waals surface area contributed by atoms with Gasteiger partial charge in [0.2, 0.25) is 5.91 Å². The van der Waals surface area contributed by atoms with Gasteiger partial charge in [-0.15, -0.1) is 0 Å². The lowest BCUT2D eigenvalue weighted by molar-refractivity contribution is -0.150. The minimum Gasteiger partial charge on any atom is -0.342 e. The highest BCUT2D eigenvalue weighted by molar-refractivity contribution is 5.83. The van der Waals surface area contributed by atoms with Gasteiger partial charge in [0.25, 0.3) is 0 Å². The van der Waals surface area contributed by atoms with E-state index in [9.17, 15) is 4.79 Å². The fraction of sp³-hybridized carbons (Fsp3) is 0.929. The molecule has 0 spiro atoms. The molecule has 0 atom stereocenters. The van der Waals surface area contributed by atoms with Gasteiger partial charge in [0.1, 0.15) is 0 Å². The van der Waals surface area contributed by atoms with Crippen LogP contribution in [0.2, 0.25) is 0 Å². The van der Waals surface area contributed by atoms with Crippen molar-refractivity contribution in [2.24, 2.45) is 11.3 Å². The van der Waals surface area contributed by atoms with E-state index in [0.29, 0.717) is 11.8 Å². The molecule has 2 nitrogen and oxygen atoms in total. The molecule has 0 bridgehead atoms. The van der Waals surface area contributed by atoms with Crippen LogP contribution < -0.4 is 0 Å². The Kier molecular flexibility index (Phi) is 3.56. The van der Waals surface area contributed by atoms with Crippen molar-refractivity contribution in [2.45, 2.75) is 58.8 Å². The molecular formula is C14H25NO. The number of carbonyl (C=O) groups is 1. The Morgan fingerprint density at radius 2 is 1.75 bits per heavy atom. The van der Waals surface area contributed by atoms with Gasteiger partial charge < -0.3 is 4.90 Å². The summed E-state index contributed by atoms with van der Waals surface area (Å²) >= 11 is 0. The average Bonchev–Trinajstić information content (AvgIpc) is 2.23. The van der Waals surface area contributed by atoms with Gasteiger partial charge in [-0.3, -0.25) is 4.79 Å². The van der Waals surface area contributed by atoms with Gasteiger partial charge in [-0.25, -0.2) is 0 Å². The highest BCUT2D eigenvalue weighted by Crippen LogP contribution is 2.47. The molecule has 0 unspecified atom stereocenters. The van der Waals surface area contributed by atoms with Crippen LogP contribution in [-0.2, 0) is 4.79 Å². The van der Waals surface area contributed by atoms with Crippen molar-refractivity contribution in [1.82, 2.24) is 4.90 Å². The molecule has 2 heteroatoms.